The summed E-state index contributed by atoms with van der Waals surface area (Å²) >= 11 is 0. The Hall–Kier alpha value is -1.11. The van der Waals surface area contributed by atoms with E-state index in [0.29, 0.717) is 11.3 Å². The van der Waals surface area contributed by atoms with Crippen LogP contribution in [0.4, 0.5) is 5.69 Å². The fourth-order valence-electron chi connectivity index (χ4n) is 3.04. The lowest BCUT2D eigenvalue weighted by Crippen LogP contribution is -2.41. The number of aliphatic hydroxyl groups excluding tert-OH is 1. The van der Waals surface area contributed by atoms with Crippen molar-refractivity contribution in [2.24, 2.45) is 0 Å². The van der Waals surface area contributed by atoms with Gasteiger partial charge in [0.2, 0.25) is 10.0 Å². The van der Waals surface area contributed by atoms with Gasteiger partial charge in [0.25, 0.3) is 0 Å². The van der Waals surface area contributed by atoms with E-state index >= 15 is 0 Å². The number of benzene rings is 1. The predicted octanol–water partition coefficient (Wildman–Crippen LogP) is 1.81. The molecule has 0 bridgehead atoms. The van der Waals surface area contributed by atoms with Gasteiger partial charge >= 0.3 is 0 Å². The van der Waals surface area contributed by atoms with Crippen molar-refractivity contribution < 1.29 is 13.5 Å². The van der Waals surface area contributed by atoms with Crippen LogP contribution in [-0.2, 0) is 10.0 Å². The number of nitrogens with two attached hydrogens (primary N) is 1. The molecule has 2 rings (SSSR count). The molecule has 0 heterocycles. The summed E-state index contributed by atoms with van der Waals surface area (Å²) < 4.78 is 27.4. The molecule has 1 aliphatic rings. The molecule has 0 radical (unpaired) electrons. The van der Waals surface area contributed by atoms with E-state index in [2.05, 4.69) is 0 Å². The molecule has 1 saturated carbocycles. The zero-order valence-electron chi connectivity index (χ0n) is 12.7. The third-order valence-electron chi connectivity index (χ3n) is 4.18. The van der Waals surface area contributed by atoms with Gasteiger partial charge in [-0.15, -0.1) is 0 Å². The number of hydrogen-bond donors (Lipinski definition) is 2. The average molecular weight is 312 g/mol. The Kier molecular flexibility index (Phi) is 4.91. The minimum Gasteiger partial charge on any atom is -0.398 e. The molecule has 1 fully saturated rings. The number of anilines is 1. The van der Waals surface area contributed by atoms with E-state index in [-0.39, 0.29) is 24.1 Å². The maximum Gasteiger partial charge on any atom is 0.243 e. The summed E-state index contributed by atoms with van der Waals surface area (Å²) in [4.78, 5) is 0.264. The fourth-order valence-corrected chi connectivity index (χ4v) is 5.05. The standard InChI is InChI=1S/C15H24N2O3S/c1-11-9-14(16)12(2)15(10-11)21(19,20)17(7-8-18)13-5-3-4-6-13/h9-10,13,18H,3-8,16H2,1-2H3. The van der Waals surface area contributed by atoms with Crippen LogP contribution in [-0.4, -0.2) is 37.0 Å². The molecule has 0 aromatic heterocycles. The Labute approximate surface area is 126 Å². The molecule has 0 unspecified atom stereocenters. The second-order valence-corrected chi connectivity index (χ2v) is 7.61. The largest absolute Gasteiger partial charge is 0.398 e. The Balaban J connectivity index is 2.47. The van der Waals surface area contributed by atoms with Crippen LogP contribution in [0.15, 0.2) is 17.0 Å². The van der Waals surface area contributed by atoms with Gasteiger partial charge in [0, 0.05) is 18.3 Å². The molecule has 6 heteroatoms. The van der Waals surface area contributed by atoms with Crippen molar-refractivity contribution >= 4 is 15.7 Å². The molecule has 1 aromatic carbocycles. The van der Waals surface area contributed by atoms with Crippen LogP contribution in [0, 0.1) is 13.8 Å². The third kappa shape index (κ3) is 3.22. The zero-order valence-corrected chi connectivity index (χ0v) is 13.5. The number of aliphatic hydroxyl groups is 1. The van der Waals surface area contributed by atoms with E-state index in [9.17, 15) is 13.5 Å². The van der Waals surface area contributed by atoms with Crippen LogP contribution in [0.2, 0.25) is 0 Å². The predicted molar refractivity (Wildman–Crippen MR) is 83.6 cm³/mol. The second kappa shape index (κ2) is 6.34. The number of sulfonamides is 1. The van der Waals surface area contributed by atoms with E-state index < -0.39 is 10.0 Å². The van der Waals surface area contributed by atoms with Gasteiger partial charge in [-0.2, -0.15) is 4.31 Å². The Morgan fingerprint density at radius 2 is 1.90 bits per heavy atom. The molecule has 118 valence electrons. The van der Waals surface area contributed by atoms with E-state index in [1.54, 1.807) is 19.1 Å². The smallest absolute Gasteiger partial charge is 0.243 e. The van der Waals surface area contributed by atoms with Crippen molar-refractivity contribution in [2.75, 3.05) is 18.9 Å². The number of nitrogen functional groups attached to an aromatic ring is 1. The Morgan fingerprint density at radius 1 is 1.29 bits per heavy atom. The Morgan fingerprint density at radius 3 is 2.48 bits per heavy atom. The van der Waals surface area contributed by atoms with Crippen molar-refractivity contribution in [2.45, 2.75) is 50.5 Å². The van der Waals surface area contributed by atoms with Gasteiger partial charge in [-0.25, -0.2) is 8.42 Å². The van der Waals surface area contributed by atoms with Crippen LogP contribution in [0.3, 0.4) is 0 Å². The molecular formula is C15H24N2O3S. The highest BCUT2D eigenvalue weighted by Crippen LogP contribution is 2.31. The van der Waals surface area contributed by atoms with E-state index in [1.807, 2.05) is 6.92 Å². The minimum absolute atomic E-state index is 0.0108. The van der Waals surface area contributed by atoms with E-state index in [4.69, 9.17) is 5.73 Å². The molecular weight excluding hydrogens is 288 g/mol. The summed E-state index contributed by atoms with van der Waals surface area (Å²) in [6, 6.07) is 3.43. The van der Waals surface area contributed by atoms with Gasteiger partial charge in [-0.05, 0) is 49.9 Å². The van der Waals surface area contributed by atoms with Crippen LogP contribution in [0.25, 0.3) is 0 Å². The summed E-state index contributed by atoms with van der Waals surface area (Å²) in [6.07, 6.45) is 3.80. The van der Waals surface area contributed by atoms with Crippen LogP contribution < -0.4 is 5.73 Å². The Bertz CT molecular complexity index is 608. The van der Waals surface area contributed by atoms with Gasteiger partial charge in [-0.3, -0.25) is 0 Å². The number of nitrogens with zero attached hydrogens (tertiary/aromatic N) is 1. The first kappa shape index (κ1) is 16.3. The van der Waals surface area contributed by atoms with Crippen molar-refractivity contribution in [1.82, 2.24) is 4.31 Å². The van der Waals surface area contributed by atoms with E-state index in [1.165, 1.54) is 4.31 Å². The van der Waals surface area contributed by atoms with Gasteiger partial charge in [-0.1, -0.05) is 12.8 Å². The van der Waals surface area contributed by atoms with Crippen molar-refractivity contribution in [3.05, 3.63) is 23.3 Å². The number of hydrogen-bond acceptors (Lipinski definition) is 4. The molecule has 0 saturated heterocycles. The van der Waals surface area contributed by atoms with Gasteiger partial charge < -0.3 is 10.8 Å². The maximum absolute atomic E-state index is 13.0. The summed E-state index contributed by atoms with van der Waals surface area (Å²) in [5, 5.41) is 9.25. The lowest BCUT2D eigenvalue weighted by molar-refractivity contribution is 0.226. The summed E-state index contributed by atoms with van der Waals surface area (Å²) in [6.45, 7) is 3.53. The van der Waals surface area contributed by atoms with Crippen LogP contribution in [0.5, 0.6) is 0 Å². The van der Waals surface area contributed by atoms with E-state index in [0.717, 1.165) is 31.2 Å². The third-order valence-corrected chi connectivity index (χ3v) is 6.26. The summed E-state index contributed by atoms with van der Waals surface area (Å²) in [7, 11) is -3.63. The number of aryl methyl sites for hydroxylation is 1. The maximum atomic E-state index is 13.0. The molecule has 1 aliphatic carbocycles. The minimum atomic E-state index is -3.63. The van der Waals surface area contributed by atoms with Gasteiger partial charge in [0.15, 0.2) is 0 Å². The molecule has 1 aromatic rings. The number of rotatable bonds is 5. The summed E-state index contributed by atoms with van der Waals surface area (Å²) in [5.41, 5.74) is 7.81. The average Bonchev–Trinajstić information content (AvgIpc) is 2.93. The van der Waals surface area contributed by atoms with Crippen LogP contribution in [0.1, 0.15) is 36.8 Å². The van der Waals surface area contributed by atoms with Gasteiger partial charge in [0.05, 0.1) is 11.5 Å². The molecule has 0 aliphatic heterocycles. The van der Waals surface area contributed by atoms with Crippen molar-refractivity contribution in [3.8, 4) is 0 Å². The zero-order chi connectivity index (χ0) is 15.6. The van der Waals surface area contributed by atoms with Crippen molar-refractivity contribution in [3.63, 3.8) is 0 Å². The topological polar surface area (TPSA) is 83.6 Å². The highest BCUT2D eigenvalue weighted by Gasteiger charge is 2.34. The first-order valence-corrected chi connectivity index (χ1v) is 8.81. The van der Waals surface area contributed by atoms with Crippen LogP contribution >= 0.6 is 0 Å². The first-order chi connectivity index (χ1) is 9.87. The fraction of sp³-hybridized carbons (Fsp3) is 0.600. The molecule has 3 N–H and O–H groups in total. The highest BCUT2D eigenvalue weighted by atomic mass is 32.2. The summed E-state index contributed by atoms with van der Waals surface area (Å²) in [5.74, 6) is 0. The highest BCUT2D eigenvalue weighted by molar-refractivity contribution is 7.89. The lowest BCUT2D eigenvalue weighted by Gasteiger charge is -2.28. The quantitative estimate of drug-likeness (QED) is 0.812. The molecule has 0 spiro atoms. The normalized spacial score (nSPS) is 16.8. The first-order valence-electron chi connectivity index (χ1n) is 7.37. The second-order valence-electron chi connectivity index (χ2n) is 5.75. The molecule has 21 heavy (non-hydrogen) atoms. The van der Waals surface area contributed by atoms with Crippen molar-refractivity contribution in [1.29, 1.82) is 0 Å². The van der Waals surface area contributed by atoms with Gasteiger partial charge in [0.1, 0.15) is 0 Å². The lowest BCUT2D eigenvalue weighted by atomic mass is 10.1. The molecule has 0 atom stereocenters. The molecule has 5 nitrogen and oxygen atoms in total. The SMILES string of the molecule is Cc1cc(N)c(C)c(S(=O)(=O)N(CCO)C2CCCC2)c1. The molecule has 0 amide bonds. The monoisotopic (exact) mass is 312 g/mol.